The third-order valence-electron chi connectivity index (χ3n) is 1.23. The fraction of sp³-hybridized carbons (Fsp3) is 0.857. The number of alkyl halides is 1. The first kappa shape index (κ1) is 10.4. The van der Waals surface area contributed by atoms with E-state index in [0.29, 0.717) is 0 Å². The fourth-order valence-electron chi connectivity index (χ4n) is 0.894. The van der Waals surface area contributed by atoms with Gasteiger partial charge in [-0.2, -0.15) is 0 Å². The third-order valence-corrected chi connectivity index (χ3v) is 1.23. The van der Waals surface area contributed by atoms with Crippen molar-refractivity contribution in [2.24, 2.45) is 0 Å². The molecule has 0 aromatic heterocycles. The summed E-state index contributed by atoms with van der Waals surface area (Å²) >= 11 is 0. The zero-order valence-electron chi connectivity index (χ0n) is 6.89. The number of carboxylic acid groups (broad SMARTS) is 1. The van der Waals surface area contributed by atoms with Crippen LogP contribution in [0.1, 0.15) is 27.2 Å². The molecule has 2 N–H and O–H groups in total. The van der Waals surface area contributed by atoms with Crippen LogP contribution in [0.15, 0.2) is 0 Å². The van der Waals surface area contributed by atoms with Gasteiger partial charge in [0.1, 0.15) is 5.67 Å². The minimum absolute atomic E-state index is 0.407. The van der Waals surface area contributed by atoms with Crippen molar-refractivity contribution in [1.29, 1.82) is 0 Å². The molecular formula is C7H13FO3. The number of carboxylic acids is 1. The van der Waals surface area contributed by atoms with Crippen molar-refractivity contribution in [3.63, 3.8) is 0 Å². The van der Waals surface area contributed by atoms with Crippen molar-refractivity contribution in [3.8, 4) is 0 Å². The van der Waals surface area contributed by atoms with Crippen LogP contribution >= 0.6 is 0 Å². The molecular weight excluding hydrogens is 151 g/mol. The summed E-state index contributed by atoms with van der Waals surface area (Å²) in [5.41, 5.74) is -3.64. The average Bonchev–Trinajstić information content (AvgIpc) is 1.56. The number of halogens is 1. The average molecular weight is 164 g/mol. The Balaban J connectivity index is 4.25. The predicted octanol–water partition coefficient (Wildman–Crippen LogP) is 0.960. The van der Waals surface area contributed by atoms with Gasteiger partial charge in [0, 0.05) is 6.42 Å². The largest absolute Gasteiger partial charge is 0.479 e. The first-order valence-corrected chi connectivity index (χ1v) is 3.30. The van der Waals surface area contributed by atoms with Crippen LogP contribution in [0.3, 0.4) is 0 Å². The minimum Gasteiger partial charge on any atom is -0.479 e. The van der Waals surface area contributed by atoms with Crippen LogP contribution in [0.5, 0.6) is 0 Å². The van der Waals surface area contributed by atoms with Gasteiger partial charge in [-0.05, 0) is 20.8 Å². The molecule has 0 aliphatic heterocycles. The lowest BCUT2D eigenvalue weighted by atomic mass is 9.92. The Bertz CT molecular complexity index is 158. The molecule has 1 atom stereocenters. The molecule has 11 heavy (non-hydrogen) atoms. The van der Waals surface area contributed by atoms with Gasteiger partial charge >= 0.3 is 5.97 Å². The first-order chi connectivity index (χ1) is 4.65. The molecule has 0 aliphatic carbocycles. The van der Waals surface area contributed by atoms with E-state index < -0.39 is 23.7 Å². The quantitative estimate of drug-likeness (QED) is 0.653. The Labute approximate surface area is 64.8 Å². The summed E-state index contributed by atoms with van der Waals surface area (Å²) in [4.78, 5) is 10.3. The Morgan fingerprint density at radius 2 is 1.82 bits per heavy atom. The van der Waals surface area contributed by atoms with Crippen molar-refractivity contribution in [2.75, 3.05) is 0 Å². The van der Waals surface area contributed by atoms with E-state index in [-0.39, 0.29) is 0 Å². The first-order valence-electron chi connectivity index (χ1n) is 3.30. The number of carbonyl (C=O) groups is 1. The van der Waals surface area contributed by atoms with Gasteiger partial charge in [-0.15, -0.1) is 0 Å². The summed E-state index contributed by atoms with van der Waals surface area (Å²) in [6.45, 7) is 3.53. The molecule has 0 bridgehead atoms. The van der Waals surface area contributed by atoms with Crippen molar-refractivity contribution in [2.45, 2.75) is 38.5 Å². The second kappa shape index (κ2) is 2.77. The van der Waals surface area contributed by atoms with E-state index in [9.17, 15) is 9.18 Å². The Hall–Kier alpha value is -0.640. The minimum atomic E-state index is -1.97. The lowest BCUT2D eigenvalue weighted by molar-refractivity contribution is -0.160. The summed E-state index contributed by atoms with van der Waals surface area (Å²) < 4.78 is 12.8. The molecule has 0 aromatic rings. The maximum Gasteiger partial charge on any atom is 0.335 e. The van der Waals surface area contributed by atoms with Gasteiger partial charge in [-0.3, -0.25) is 0 Å². The van der Waals surface area contributed by atoms with Gasteiger partial charge in [-0.1, -0.05) is 0 Å². The normalized spacial score (nSPS) is 17.5. The molecule has 66 valence electrons. The zero-order chi connectivity index (χ0) is 9.28. The highest BCUT2D eigenvalue weighted by Gasteiger charge is 2.36. The number of aliphatic hydroxyl groups is 1. The molecule has 4 heteroatoms. The Morgan fingerprint density at radius 1 is 1.45 bits per heavy atom. The number of rotatable bonds is 3. The molecule has 0 spiro atoms. The van der Waals surface area contributed by atoms with Crippen LogP contribution in [0.25, 0.3) is 0 Å². The number of hydrogen-bond donors (Lipinski definition) is 2. The molecule has 0 saturated carbocycles. The highest BCUT2D eigenvalue weighted by atomic mass is 19.1. The fourth-order valence-corrected chi connectivity index (χ4v) is 0.894. The van der Waals surface area contributed by atoms with Crippen LogP contribution in [0.2, 0.25) is 0 Å². The van der Waals surface area contributed by atoms with Gasteiger partial charge in [0.2, 0.25) is 0 Å². The maximum atomic E-state index is 12.8. The monoisotopic (exact) mass is 164 g/mol. The van der Waals surface area contributed by atoms with E-state index in [1.54, 1.807) is 0 Å². The predicted molar refractivity (Wildman–Crippen MR) is 38.1 cm³/mol. The molecule has 0 heterocycles. The van der Waals surface area contributed by atoms with Gasteiger partial charge < -0.3 is 10.2 Å². The van der Waals surface area contributed by atoms with Crippen LogP contribution in [0, 0.1) is 0 Å². The number of aliphatic carboxylic acids is 1. The smallest absolute Gasteiger partial charge is 0.335 e. The van der Waals surface area contributed by atoms with Gasteiger partial charge in [0.05, 0.1) is 0 Å². The zero-order valence-corrected chi connectivity index (χ0v) is 6.89. The second-order valence-electron chi connectivity index (χ2n) is 3.47. The lowest BCUT2D eigenvalue weighted by Gasteiger charge is -2.24. The van der Waals surface area contributed by atoms with Crippen LogP contribution < -0.4 is 0 Å². The van der Waals surface area contributed by atoms with E-state index in [1.165, 1.54) is 13.8 Å². The summed E-state index contributed by atoms with van der Waals surface area (Å²) in [5.74, 6) is -1.40. The van der Waals surface area contributed by atoms with Crippen molar-refractivity contribution < 1.29 is 19.4 Å². The van der Waals surface area contributed by atoms with Crippen LogP contribution in [0.4, 0.5) is 4.39 Å². The van der Waals surface area contributed by atoms with Crippen LogP contribution in [-0.2, 0) is 4.79 Å². The molecule has 3 nitrogen and oxygen atoms in total. The molecule has 1 unspecified atom stereocenters. The summed E-state index contributed by atoms with van der Waals surface area (Å²) in [5, 5.41) is 17.5. The van der Waals surface area contributed by atoms with Crippen molar-refractivity contribution in [3.05, 3.63) is 0 Å². The molecule has 0 fully saturated rings. The number of hydrogen-bond acceptors (Lipinski definition) is 2. The van der Waals surface area contributed by atoms with Crippen molar-refractivity contribution in [1.82, 2.24) is 0 Å². The Kier molecular flexibility index (Phi) is 2.61. The van der Waals surface area contributed by atoms with E-state index in [4.69, 9.17) is 10.2 Å². The molecule has 0 rings (SSSR count). The summed E-state index contributed by atoms with van der Waals surface area (Å²) in [6, 6.07) is 0. The van der Waals surface area contributed by atoms with E-state index in [1.807, 2.05) is 0 Å². The molecule has 0 amide bonds. The molecule has 0 aliphatic rings. The summed E-state index contributed by atoms with van der Waals surface area (Å²) in [6.07, 6.45) is -0.407. The van der Waals surface area contributed by atoms with Gasteiger partial charge in [0.15, 0.2) is 5.60 Å². The topological polar surface area (TPSA) is 57.5 Å². The van der Waals surface area contributed by atoms with E-state index in [0.717, 1.165) is 6.92 Å². The summed E-state index contributed by atoms with van der Waals surface area (Å²) in [7, 11) is 0. The standard InChI is InChI=1S/C7H13FO3/c1-6(2,8)4-7(3,11)5(9)10/h11H,4H2,1-3H3,(H,9,10). The second-order valence-corrected chi connectivity index (χ2v) is 3.47. The highest BCUT2D eigenvalue weighted by Crippen LogP contribution is 2.23. The molecule has 0 saturated heterocycles. The third kappa shape index (κ3) is 3.93. The lowest BCUT2D eigenvalue weighted by Crippen LogP contribution is -2.40. The van der Waals surface area contributed by atoms with Crippen molar-refractivity contribution >= 4 is 5.97 Å². The van der Waals surface area contributed by atoms with Gasteiger partial charge in [-0.25, -0.2) is 9.18 Å². The SMILES string of the molecule is CC(C)(F)CC(C)(O)C(=O)O. The van der Waals surface area contributed by atoms with E-state index >= 15 is 0 Å². The van der Waals surface area contributed by atoms with Gasteiger partial charge in [0.25, 0.3) is 0 Å². The maximum absolute atomic E-state index is 12.8. The highest BCUT2D eigenvalue weighted by molar-refractivity contribution is 5.76. The Morgan fingerprint density at radius 3 is 1.91 bits per heavy atom. The molecule has 0 radical (unpaired) electrons. The molecule has 0 aromatic carbocycles. The van der Waals surface area contributed by atoms with Crippen LogP contribution in [-0.4, -0.2) is 27.5 Å². The van der Waals surface area contributed by atoms with E-state index in [2.05, 4.69) is 0 Å².